The summed E-state index contributed by atoms with van der Waals surface area (Å²) < 4.78 is 81.9. The van der Waals surface area contributed by atoms with Crippen molar-refractivity contribution < 1.29 is 55.7 Å². The van der Waals surface area contributed by atoms with Gasteiger partial charge in [-0.25, -0.2) is 37.5 Å². The molecule has 16 heteroatoms. The van der Waals surface area contributed by atoms with E-state index in [2.05, 4.69) is 145 Å². The Balaban J connectivity index is 0.000000126. The highest BCUT2D eigenvalue weighted by Gasteiger charge is 2.42. The van der Waals surface area contributed by atoms with E-state index in [9.17, 15) is 19.2 Å². The zero-order valence-electron chi connectivity index (χ0n) is 79.9. The molecular weight excluding hydrogens is 1700 g/mol. The number of fused-ring (bicyclic) bond motifs is 4. The molecule has 8 aromatic carbocycles. The highest BCUT2D eigenvalue weighted by molar-refractivity contribution is 5.91. The summed E-state index contributed by atoms with van der Waals surface area (Å²) in [5.41, 5.74) is 28.1. The number of benzene rings is 8. The normalized spacial score (nSPS) is 16.9. The summed E-state index contributed by atoms with van der Waals surface area (Å²) >= 11 is 0. The summed E-state index contributed by atoms with van der Waals surface area (Å²) in [5.74, 6) is 5.72. The number of hydrogen-bond donors (Lipinski definition) is 0. The fraction of sp³-hybridized carbons (Fsp3) is 0.333. The third kappa shape index (κ3) is 21.7. The molecule has 12 aromatic rings. The van der Waals surface area contributed by atoms with Crippen molar-refractivity contribution in [3.8, 4) is 68.0 Å². The molecule has 696 valence electrons. The minimum atomic E-state index is -0.222. The summed E-state index contributed by atoms with van der Waals surface area (Å²) in [7, 11) is 6.29. The summed E-state index contributed by atoms with van der Waals surface area (Å²) in [6.45, 7) is 15.0. The van der Waals surface area contributed by atoms with E-state index in [4.69, 9.17) is 18.9 Å². The maximum absolute atomic E-state index is 15.3. The van der Waals surface area contributed by atoms with E-state index in [1.54, 1.807) is 105 Å². The maximum Gasteiger partial charge on any atom is 0.213 e. The Hall–Kier alpha value is -13.1. The largest absolute Gasteiger partial charge is 0.481 e. The zero-order valence-corrected chi connectivity index (χ0v) is 79.9. The molecule has 8 atom stereocenters. The number of halogens is 4. The van der Waals surface area contributed by atoms with Gasteiger partial charge < -0.3 is 18.9 Å². The van der Waals surface area contributed by atoms with Crippen molar-refractivity contribution in [2.24, 2.45) is 47.3 Å². The fourth-order valence-corrected chi connectivity index (χ4v) is 21.0. The van der Waals surface area contributed by atoms with Crippen LogP contribution >= 0.6 is 0 Å². The van der Waals surface area contributed by atoms with Gasteiger partial charge in [0.25, 0.3) is 0 Å². The standard InChI is InChI=1S/4C30H30FNO2/c4*1-18(19(2)33)30(21-6-7-21)25-9-5-20-4-8-24(14-26(20)15-25)27-11-10-22(16-28(27)31)23-12-13-32-29(17-23)34-3/h4*5,9-18,21,30H,4,6-8H2,1-3H3/t2*18-,30+;2*18-,30-/m1010/s1. The van der Waals surface area contributed by atoms with E-state index in [1.807, 2.05) is 97.1 Å². The molecule has 8 aliphatic carbocycles. The Bertz CT molecular complexity index is 5890. The second-order valence-electron chi connectivity index (χ2n) is 38.7. The number of rotatable bonds is 28. The van der Waals surface area contributed by atoms with E-state index in [0.717, 1.165) is 140 Å². The third-order valence-electron chi connectivity index (χ3n) is 29.8. The average molecular weight is 1820 g/mol. The molecule has 8 aliphatic rings. The summed E-state index contributed by atoms with van der Waals surface area (Å²) in [6.07, 6.45) is 31.6. The van der Waals surface area contributed by atoms with Crippen LogP contribution in [0.25, 0.3) is 91.1 Å². The number of nitrogens with zero attached hydrogens (tertiary/aromatic N) is 4. The minimum absolute atomic E-state index is 0.0226. The average Bonchev–Trinajstić information content (AvgIpc) is 1.34. The summed E-state index contributed by atoms with van der Waals surface area (Å²) in [5, 5.41) is 0. The first-order valence-corrected chi connectivity index (χ1v) is 48.3. The maximum atomic E-state index is 15.3. The van der Waals surface area contributed by atoms with E-state index < -0.39 is 0 Å². The van der Waals surface area contributed by atoms with Gasteiger partial charge in [0.2, 0.25) is 23.5 Å². The second-order valence-corrected chi connectivity index (χ2v) is 38.7. The molecule has 0 unspecified atom stereocenters. The van der Waals surface area contributed by atoms with Gasteiger partial charge in [-0.3, -0.25) is 19.2 Å². The third-order valence-corrected chi connectivity index (χ3v) is 29.8. The number of Topliss-reactive ketones (excluding diaryl/α,β-unsaturated/α-hetero) is 4. The van der Waals surface area contributed by atoms with Crippen molar-refractivity contribution in [3.05, 3.63) is 331 Å². The van der Waals surface area contributed by atoms with Crippen molar-refractivity contribution >= 4 is 69.7 Å². The number of carbonyl (C=O) groups is 4. The van der Waals surface area contributed by atoms with Crippen molar-refractivity contribution in [3.63, 3.8) is 0 Å². The Morgan fingerprint density at radius 3 is 0.640 bits per heavy atom. The van der Waals surface area contributed by atoms with Gasteiger partial charge in [0, 0.05) is 95.0 Å². The van der Waals surface area contributed by atoms with Gasteiger partial charge in [-0.1, -0.05) is 173 Å². The molecule has 0 amide bonds. The lowest BCUT2D eigenvalue weighted by atomic mass is 9.79. The first-order valence-electron chi connectivity index (χ1n) is 48.3. The molecule has 136 heavy (non-hydrogen) atoms. The number of methoxy groups -OCH3 is 4. The Morgan fingerprint density at radius 1 is 0.265 bits per heavy atom. The Kier molecular flexibility index (Phi) is 29.0. The molecule has 0 bridgehead atoms. The summed E-state index contributed by atoms with van der Waals surface area (Å²) in [6, 6.07) is 63.0. The van der Waals surface area contributed by atoms with E-state index in [0.29, 0.717) is 69.4 Å². The van der Waals surface area contributed by atoms with Crippen molar-refractivity contribution in [1.29, 1.82) is 0 Å². The van der Waals surface area contributed by atoms with Crippen LogP contribution in [0, 0.1) is 70.6 Å². The monoisotopic (exact) mass is 1820 g/mol. The second kappa shape index (κ2) is 41.6. The molecule has 20 rings (SSSR count). The molecule has 12 nitrogen and oxygen atoms in total. The zero-order chi connectivity index (χ0) is 95.3. The van der Waals surface area contributed by atoms with Gasteiger partial charge in [-0.2, -0.15) is 0 Å². The smallest absolute Gasteiger partial charge is 0.213 e. The van der Waals surface area contributed by atoms with Gasteiger partial charge in [-0.15, -0.1) is 0 Å². The number of aromatic nitrogens is 4. The van der Waals surface area contributed by atoms with Crippen molar-refractivity contribution in [1.82, 2.24) is 19.9 Å². The molecular formula is C120H120F4N4O8. The Morgan fingerprint density at radius 2 is 0.463 bits per heavy atom. The first kappa shape index (κ1) is 94.7. The number of carbonyl (C=O) groups excluding carboxylic acids is 4. The molecule has 4 fully saturated rings. The van der Waals surface area contributed by atoms with Crippen LogP contribution in [0.3, 0.4) is 0 Å². The van der Waals surface area contributed by atoms with Gasteiger partial charge >= 0.3 is 0 Å². The topological polar surface area (TPSA) is 157 Å². The van der Waals surface area contributed by atoms with Crippen molar-refractivity contribution in [2.45, 2.75) is 182 Å². The lowest BCUT2D eigenvalue weighted by Crippen LogP contribution is -2.19. The quantitative estimate of drug-likeness (QED) is 0.0428. The van der Waals surface area contributed by atoms with Crippen LogP contribution in [0.15, 0.2) is 219 Å². The minimum Gasteiger partial charge on any atom is -0.481 e. The number of ketones is 4. The molecule has 4 heterocycles. The fourth-order valence-electron chi connectivity index (χ4n) is 21.0. The highest BCUT2D eigenvalue weighted by Crippen LogP contribution is 2.53. The van der Waals surface area contributed by atoms with Gasteiger partial charge in [0.15, 0.2) is 0 Å². The molecule has 0 radical (unpaired) electrons. The highest BCUT2D eigenvalue weighted by atomic mass is 19.1. The van der Waals surface area contributed by atoms with Crippen LogP contribution in [0.2, 0.25) is 0 Å². The van der Waals surface area contributed by atoms with Gasteiger partial charge in [0.05, 0.1) is 28.4 Å². The lowest BCUT2D eigenvalue weighted by Gasteiger charge is -2.25. The number of allylic oxidation sites excluding steroid dienone is 4. The molecule has 4 saturated carbocycles. The molecule has 0 aliphatic heterocycles. The van der Waals surface area contributed by atoms with Crippen LogP contribution in [0.1, 0.15) is 245 Å². The number of ether oxygens (including phenoxy) is 4. The number of hydrogen-bond acceptors (Lipinski definition) is 12. The predicted octanol–water partition coefficient (Wildman–Crippen LogP) is 28.4. The molecule has 0 saturated heterocycles. The van der Waals surface area contributed by atoms with Crippen LogP contribution < -0.4 is 18.9 Å². The molecule has 0 N–H and O–H groups in total. The predicted molar refractivity (Wildman–Crippen MR) is 537 cm³/mol. The van der Waals surface area contributed by atoms with Crippen LogP contribution in [0.4, 0.5) is 17.6 Å². The molecule has 0 spiro atoms. The van der Waals surface area contributed by atoms with E-state index in [1.165, 1.54) is 95.9 Å². The van der Waals surface area contributed by atoms with Gasteiger partial charge in [-0.05, 0) is 360 Å². The van der Waals surface area contributed by atoms with Crippen LogP contribution in [0.5, 0.6) is 23.5 Å². The molecule has 4 aromatic heterocycles. The number of aryl methyl sites for hydroxylation is 4. The van der Waals surface area contributed by atoms with Crippen LogP contribution in [-0.4, -0.2) is 71.5 Å². The summed E-state index contributed by atoms with van der Waals surface area (Å²) in [4.78, 5) is 65.1. The lowest BCUT2D eigenvalue weighted by molar-refractivity contribution is -0.121. The van der Waals surface area contributed by atoms with Gasteiger partial charge in [0.1, 0.15) is 46.4 Å². The van der Waals surface area contributed by atoms with E-state index in [-0.39, 0.29) is 93.7 Å². The number of pyridine rings is 4. The first-order chi connectivity index (χ1) is 65.8. The Labute approximate surface area is 797 Å². The van der Waals surface area contributed by atoms with Crippen LogP contribution in [-0.2, 0) is 44.9 Å². The SMILES string of the molecule is COc1cc(-c2ccc(C3=Cc4cc([C@@H](C5CC5)[C@@H](C)C(C)=O)ccc4CC3)c(F)c2)ccn1.COc1cc(-c2ccc(C3=Cc4cc([C@@H](C5CC5)[C@H](C)C(C)=O)ccc4CC3)c(F)c2)ccn1.COc1cc(-c2ccc(C3=Cc4cc([C@H](C5CC5)[C@@H](C)C(C)=O)ccc4CC3)c(F)c2)ccn1.COc1cc(-c2ccc(C3=Cc4cc([C@H](C5CC5)[C@H](C)C(C)=O)ccc4CC3)c(F)c2)ccn1. The van der Waals surface area contributed by atoms with Crippen molar-refractivity contribution in [2.75, 3.05) is 28.4 Å². The van der Waals surface area contributed by atoms with E-state index >= 15 is 17.6 Å².